The van der Waals surface area contributed by atoms with E-state index in [4.69, 9.17) is 10.00 Å². The number of amides is 1. The van der Waals surface area contributed by atoms with Gasteiger partial charge in [-0.05, 0) is 36.4 Å². The Labute approximate surface area is 132 Å². The number of anilines is 1. The highest BCUT2D eigenvalue weighted by Gasteiger charge is 2.13. The summed E-state index contributed by atoms with van der Waals surface area (Å²) in [5.74, 6) is -1.26. The van der Waals surface area contributed by atoms with E-state index in [1.807, 2.05) is 6.07 Å². The number of carbonyl (C=O) groups excluding carboxylic acids is 2. The van der Waals surface area contributed by atoms with Gasteiger partial charge in [-0.2, -0.15) is 5.26 Å². The number of nitrogens with zero attached hydrogens (tertiary/aromatic N) is 1. The zero-order valence-electron chi connectivity index (χ0n) is 12.3. The first kappa shape index (κ1) is 16.2. The number of Topliss-reactive ketones (excluding diaryl/α,β-unsaturated/α-hetero) is 1. The lowest BCUT2D eigenvalue weighted by atomic mass is 10.1. The predicted octanol–water partition coefficient (Wildman–Crippen LogP) is 2.92. The van der Waals surface area contributed by atoms with Crippen LogP contribution in [0.1, 0.15) is 22.8 Å². The molecule has 0 saturated carbocycles. The third kappa shape index (κ3) is 4.38. The zero-order valence-corrected chi connectivity index (χ0v) is 12.3. The molecule has 0 saturated heterocycles. The van der Waals surface area contributed by atoms with Gasteiger partial charge in [0.2, 0.25) is 11.7 Å². The monoisotopic (exact) mass is 312 g/mol. The van der Waals surface area contributed by atoms with Crippen molar-refractivity contribution in [3.8, 4) is 11.8 Å². The molecule has 0 atom stereocenters. The summed E-state index contributed by atoms with van der Waals surface area (Å²) in [5, 5.41) is 11.2. The van der Waals surface area contributed by atoms with Crippen molar-refractivity contribution >= 4 is 17.4 Å². The number of ether oxygens (including phenoxy) is 1. The fourth-order valence-corrected chi connectivity index (χ4v) is 1.90. The minimum absolute atomic E-state index is 0.129. The zero-order chi connectivity index (χ0) is 16.8. The normalized spacial score (nSPS) is 9.78. The van der Waals surface area contributed by atoms with E-state index in [1.54, 1.807) is 18.2 Å². The van der Waals surface area contributed by atoms with E-state index in [1.165, 1.54) is 25.1 Å². The molecule has 0 aliphatic heterocycles. The summed E-state index contributed by atoms with van der Waals surface area (Å²) in [7, 11) is 0. The highest BCUT2D eigenvalue weighted by Crippen LogP contribution is 2.17. The van der Waals surface area contributed by atoms with Gasteiger partial charge in [0.05, 0.1) is 17.2 Å². The maximum Gasteiger partial charge on any atom is 0.221 e. The Bertz CT molecular complexity index is 797. The average molecular weight is 312 g/mol. The first-order chi connectivity index (χ1) is 11.0. The van der Waals surface area contributed by atoms with Gasteiger partial charge < -0.3 is 10.1 Å². The highest BCUT2D eigenvalue weighted by molar-refractivity contribution is 5.98. The summed E-state index contributed by atoms with van der Waals surface area (Å²) >= 11 is 0. The van der Waals surface area contributed by atoms with E-state index < -0.39 is 11.6 Å². The SMILES string of the molecule is CC(=O)Nc1ccc(C(=O)COc2cccc(C#N)c2)c(F)c1. The molecule has 0 unspecified atom stereocenters. The van der Waals surface area contributed by atoms with Crippen LogP contribution < -0.4 is 10.1 Å². The van der Waals surface area contributed by atoms with Crippen molar-refractivity contribution < 1.29 is 18.7 Å². The van der Waals surface area contributed by atoms with Gasteiger partial charge in [-0.3, -0.25) is 9.59 Å². The van der Waals surface area contributed by atoms with Crippen molar-refractivity contribution in [1.29, 1.82) is 5.26 Å². The topological polar surface area (TPSA) is 79.2 Å². The number of hydrogen-bond donors (Lipinski definition) is 1. The van der Waals surface area contributed by atoms with Crippen LogP contribution in [0.5, 0.6) is 5.75 Å². The molecule has 1 amide bonds. The summed E-state index contributed by atoms with van der Waals surface area (Å²) in [6, 6.07) is 12.1. The second-order valence-electron chi connectivity index (χ2n) is 4.73. The Morgan fingerprint density at radius 1 is 1.26 bits per heavy atom. The Morgan fingerprint density at radius 3 is 2.70 bits per heavy atom. The molecule has 0 radical (unpaired) electrons. The lowest BCUT2D eigenvalue weighted by Gasteiger charge is -2.08. The van der Waals surface area contributed by atoms with Crippen LogP contribution >= 0.6 is 0 Å². The summed E-state index contributed by atoms with van der Waals surface area (Å²) < 4.78 is 19.2. The summed E-state index contributed by atoms with van der Waals surface area (Å²) in [6.45, 7) is 0.950. The molecule has 5 nitrogen and oxygen atoms in total. The molecule has 0 aliphatic rings. The fourth-order valence-electron chi connectivity index (χ4n) is 1.90. The Kier molecular flexibility index (Phi) is 5.05. The van der Waals surface area contributed by atoms with Crippen LogP contribution in [0.25, 0.3) is 0 Å². The standard InChI is InChI=1S/C17H13FN2O3/c1-11(21)20-13-5-6-15(16(18)8-13)17(22)10-23-14-4-2-3-12(7-14)9-19/h2-8H,10H2,1H3,(H,20,21). The molecule has 0 heterocycles. The maximum absolute atomic E-state index is 13.9. The number of halogens is 1. The minimum Gasteiger partial charge on any atom is -0.485 e. The van der Waals surface area contributed by atoms with Gasteiger partial charge in [0.15, 0.2) is 6.61 Å². The van der Waals surface area contributed by atoms with Crippen molar-refractivity contribution in [3.63, 3.8) is 0 Å². The maximum atomic E-state index is 13.9. The fraction of sp³-hybridized carbons (Fsp3) is 0.118. The van der Waals surface area contributed by atoms with Gasteiger partial charge in [-0.25, -0.2) is 4.39 Å². The molecule has 0 aliphatic carbocycles. The van der Waals surface area contributed by atoms with E-state index in [-0.39, 0.29) is 23.8 Å². The van der Waals surface area contributed by atoms with E-state index >= 15 is 0 Å². The third-order valence-electron chi connectivity index (χ3n) is 2.92. The van der Waals surface area contributed by atoms with Crippen molar-refractivity contribution in [1.82, 2.24) is 0 Å². The van der Waals surface area contributed by atoms with Gasteiger partial charge in [0.1, 0.15) is 11.6 Å². The van der Waals surface area contributed by atoms with Crippen molar-refractivity contribution in [2.75, 3.05) is 11.9 Å². The number of nitriles is 1. The van der Waals surface area contributed by atoms with Gasteiger partial charge in [-0.15, -0.1) is 0 Å². The summed E-state index contributed by atoms with van der Waals surface area (Å²) in [5.41, 5.74) is 0.547. The Morgan fingerprint density at radius 2 is 2.04 bits per heavy atom. The van der Waals surface area contributed by atoms with Gasteiger partial charge in [0.25, 0.3) is 0 Å². The molecule has 2 aromatic carbocycles. The molecule has 23 heavy (non-hydrogen) atoms. The lowest BCUT2D eigenvalue weighted by molar-refractivity contribution is -0.114. The van der Waals surface area contributed by atoms with Gasteiger partial charge >= 0.3 is 0 Å². The van der Waals surface area contributed by atoms with Crippen LogP contribution in [-0.4, -0.2) is 18.3 Å². The average Bonchev–Trinajstić information content (AvgIpc) is 2.52. The van der Waals surface area contributed by atoms with E-state index in [0.717, 1.165) is 6.07 Å². The predicted molar refractivity (Wildman–Crippen MR) is 81.7 cm³/mol. The van der Waals surface area contributed by atoms with Crippen LogP contribution in [0.15, 0.2) is 42.5 Å². The quantitative estimate of drug-likeness (QED) is 0.861. The molecule has 2 rings (SSSR count). The molecular formula is C17H13FN2O3. The molecule has 6 heteroatoms. The molecule has 0 bridgehead atoms. The lowest BCUT2D eigenvalue weighted by Crippen LogP contribution is -2.14. The Hall–Kier alpha value is -3.20. The third-order valence-corrected chi connectivity index (χ3v) is 2.92. The second-order valence-corrected chi connectivity index (χ2v) is 4.73. The first-order valence-corrected chi connectivity index (χ1v) is 6.73. The number of benzene rings is 2. The molecular weight excluding hydrogens is 299 g/mol. The first-order valence-electron chi connectivity index (χ1n) is 6.73. The van der Waals surface area contributed by atoms with Crippen LogP contribution in [0, 0.1) is 17.1 Å². The van der Waals surface area contributed by atoms with Crippen molar-refractivity contribution in [3.05, 3.63) is 59.4 Å². The smallest absolute Gasteiger partial charge is 0.221 e. The van der Waals surface area contributed by atoms with Crippen LogP contribution in [0.2, 0.25) is 0 Å². The van der Waals surface area contributed by atoms with Crippen LogP contribution in [0.4, 0.5) is 10.1 Å². The molecule has 2 aromatic rings. The highest BCUT2D eigenvalue weighted by atomic mass is 19.1. The van der Waals surface area contributed by atoms with E-state index in [0.29, 0.717) is 11.3 Å². The molecule has 1 N–H and O–H groups in total. The van der Waals surface area contributed by atoms with E-state index in [9.17, 15) is 14.0 Å². The van der Waals surface area contributed by atoms with E-state index in [2.05, 4.69) is 5.32 Å². The number of hydrogen-bond acceptors (Lipinski definition) is 4. The largest absolute Gasteiger partial charge is 0.485 e. The Balaban J connectivity index is 2.06. The molecule has 0 fully saturated rings. The number of carbonyl (C=O) groups is 2. The van der Waals surface area contributed by atoms with Crippen LogP contribution in [-0.2, 0) is 4.79 Å². The minimum atomic E-state index is -0.740. The van der Waals surface area contributed by atoms with Gasteiger partial charge in [0, 0.05) is 12.6 Å². The second kappa shape index (κ2) is 7.18. The molecule has 0 spiro atoms. The molecule has 116 valence electrons. The van der Waals surface area contributed by atoms with Crippen molar-refractivity contribution in [2.24, 2.45) is 0 Å². The summed E-state index contributed by atoms with van der Waals surface area (Å²) in [4.78, 5) is 22.9. The van der Waals surface area contributed by atoms with Crippen molar-refractivity contribution in [2.45, 2.75) is 6.92 Å². The van der Waals surface area contributed by atoms with Gasteiger partial charge in [-0.1, -0.05) is 6.07 Å². The number of nitrogens with one attached hydrogen (secondary N) is 1. The number of ketones is 1. The molecule has 0 aromatic heterocycles. The number of rotatable bonds is 5. The summed E-state index contributed by atoms with van der Waals surface area (Å²) in [6.07, 6.45) is 0. The van der Waals surface area contributed by atoms with Crippen LogP contribution in [0.3, 0.4) is 0 Å².